The van der Waals surface area contributed by atoms with E-state index >= 15 is 0 Å². The molecule has 4 N–H and O–H groups in total. The predicted molar refractivity (Wildman–Crippen MR) is 63.5 cm³/mol. The summed E-state index contributed by atoms with van der Waals surface area (Å²) in [5, 5.41) is 11.6. The number of rotatable bonds is 7. The van der Waals surface area contributed by atoms with Gasteiger partial charge < -0.3 is 15.9 Å². The number of hydrogen-bond acceptors (Lipinski definition) is 2. The maximum absolute atomic E-state index is 10.2. The van der Waals surface area contributed by atoms with E-state index in [-0.39, 0.29) is 11.9 Å². The van der Waals surface area contributed by atoms with Crippen LogP contribution in [0.4, 0.5) is 0 Å². The van der Waals surface area contributed by atoms with Crippen LogP contribution >= 0.6 is 0 Å². The van der Waals surface area contributed by atoms with Gasteiger partial charge in [0.2, 0.25) is 0 Å². The van der Waals surface area contributed by atoms with Gasteiger partial charge in [-0.25, -0.2) is 0 Å². The van der Waals surface area contributed by atoms with Crippen LogP contribution in [0, 0.1) is 0 Å². The summed E-state index contributed by atoms with van der Waals surface area (Å²) in [5.41, 5.74) is 1.31. The van der Waals surface area contributed by atoms with E-state index in [1.54, 1.807) is 0 Å². The third-order valence-corrected chi connectivity index (χ3v) is 2.18. The van der Waals surface area contributed by atoms with E-state index < -0.39 is 5.97 Å². The molecule has 1 aromatic rings. The lowest BCUT2D eigenvalue weighted by molar-refractivity contribution is -0.137. The molecule has 0 aliphatic carbocycles. The van der Waals surface area contributed by atoms with Gasteiger partial charge in [0.1, 0.15) is 0 Å². The van der Waals surface area contributed by atoms with Crippen molar-refractivity contribution in [3.63, 3.8) is 0 Å². The van der Waals surface area contributed by atoms with Crippen molar-refractivity contribution in [3.8, 4) is 0 Å². The average molecular weight is 225 g/mol. The SMILES string of the molecule is O.O=C(O)CCCNCCc1ccccc1. The molecule has 90 valence electrons. The first-order valence-corrected chi connectivity index (χ1v) is 5.25. The van der Waals surface area contributed by atoms with Crippen molar-refractivity contribution in [1.29, 1.82) is 0 Å². The van der Waals surface area contributed by atoms with E-state index in [2.05, 4.69) is 17.4 Å². The van der Waals surface area contributed by atoms with Crippen molar-refractivity contribution >= 4 is 5.97 Å². The van der Waals surface area contributed by atoms with Crippen molar-refractivity contribution in [2.75, 3.05) is 13.1 Å². The van der Waals surface area contributed by atoms with E-state index in [0.717, 1.165) is 19.5 Å². The van der Waals surface area contributed by atoms with Crippen LogP contribution in [-0.2, 0) is 11.2 Å². The fraction of sp³-hybridized carbons (Fsp3) is 0.417. The van der Waals surface area contributed by atoms with E-state index in [4.69, 9.17) is 5.11 Å². The first-order valence-electron chi connectivity index (χ1n) is 5.25. The van der Waals surface area contributed by atoms with E-state index in [1.807, 2.05) is 18.2 Å². The summed E-state index contributed by atoms with van der Waals surface area (Å²) in [6.45, 7) is 1.68. The Balaban J connectivity index is 0.00000225. The molecule has 0 amide bonds. The molecule has 0 heterocycles. The van der Waals surface area contributed by atoms with Crippen molar-refractivity contribution in [2.24, 2.45) is 0 Å². The van der Waals surface area contributed by atoms with Gasteiger partial charge in [-0.3, -0.25) is 4.79 Å². The Morgan fingerprint density at radius 2 is 1.88 bits per heavy atom. The summed E-state index contributed by atoms with van der Waals surface area (Å²) in [6, 6.07) is 10.3. The lowest BCUT2D eigenvalue weighted by atomic mass is 10.1. The molecule has 1 rings (SSSR count). The first-order chi connectivity index (χ1) is 7.29. The van der Waals surface area contributed by atoms with Gasteiger partial charge in [0.15, 0.2) is 0 Å². The zero-order chi connectivity index (χ0) is 10.9. The number of carbonyl (C=O) groups is 1. The van der Waals surface area contributed by atoms with Crippen LogP contribution in [0.25, 0.3) is 0 Å². The van der Waals surface area contributed by atoms with Crippen molar-refractivity contribution in [1.82, 2.24) is 5.32 Å². The summed E-state index contributed by atoms with van der Waals surface area (Å²) in [4.78, 5) is 10.2. The first kappa shape index (κ1) is 14.6. The lowest BCUT2D eigenvalue weighted by Gasteiger charge is -2.03. The molecular formula is C12H19NO3. The molecule has 0 aliphatic heterocycles. The van der Waals surface area contributed by atoms with Crippen LogP contribution in [0.15, 0.2) is 30.3 Å². The third kappa shape index (κ3) is 6.98. The van der Waals surface area contributed by atoms with Gasteiger partial charge in [0.25, 0.3) is 0 Å². The minimum absolute atomic E-state index is 0. The zero-order valence-corrected chi connectivity index (χ0v) is 9.28. The highest BCUT2D eigenvalue weighted by atomic mass is 16.4. The number of benzene rings is 1. The number of carboxylic acids is 1. The molecule has 0 aliphatic rings. The maximum atomic E-state index is 10.2. The molecule has 0 bridgehead atoms. The third-order valence-electron chi connectivity index (χ3n) is 2.18. The quantitative estimate of drug-likeness (QED) is 0.675. The molecule has 0 spiro atoms. The second kappa shape index (κ2) is 8.88. The van der Waals surface area contributed by atoms with Gasteiger partial charge in [-0.1, -0.05) is 30.3 Å². The summed E-state index contributed by atoms with van der Waals surface area (Å²) < 4.78 is 0. The van der Waals surface area contributed by atoms with E-state index in [0.29, 0.717) is 6.42 Å². The summed E-state index contributed by atoms with van der Waals surface area (Å²) in [7, 11) is 0. The second-order valence-electron chi connectivity index (χ2n) is 3.48. The summed E-state index contributed by atoms with van der Waals surface area (Å²) in [6.07, 6.45) is 1.94. The standard InChI is InChI=1S/C12H17NO2.H2O/c14-12(15)7-4-9-13-10-8-11-5-2-1-3-6-11;/h1-3,5-6,13H,4,7-10H2,(H,14,15);1H2. The molecule has 0 fully saturated rings. The van der Waals surface area contributed by atoms with E-state index in [1.165, 1.54) is 5.56 Å². The lowest BCUT2D eigenvalue weighted by Crippen LogP contribution is -2.19. The number of nitrogens with one attached hydrogen (secondary N) is 1. The molecule has 1 aromatic carbocycles. The Hall–Kier alpha value is -1.39. The van der Waals surface area contributed by atoms with Gasteiger partial charge in [-0.05, 0) is 31.5 Å². The summed E-state index contributed by atoms with van der Waals surface area (Å²) in [5.74, 6) is -0.722. The minimum Gasteiger partial charge on any atom is -0.481 e. The molecule has 4 nitrogen and oxygen atoms in total. The molecule has 16 heavy (non-hydrogen) atoms. The predicted octanol–water partition coefficient (Wildman–Crippen LogP) is 0.859. The second-order valence-corrected chi connectivity index (χ2v) is 3.48. The molecule has 0 saturated carbocycles. The Bertz CT molecular complexity index is 288. The van der Waals surface area contributed by atoms with Crippen molar-refractivity contribution in [3.05, 3.63) is 35.9 Å². The Morgan fingerprint density at radius 1 is 1.19 bits per heavy atom. The Labute approximate surface area is 95.6 Å². The smallest absolute Gasteiger partial charge is 0.303 e. The molecule has 0 radical (unpaired) electrons. The topological polar surface area (TPSA) is 80.8 Å². The van der Waals surface area contributed by atoms with Gasteiger partial charge in [0.05, 0.1) is 0 Å². The minimum atomic E-state index is -0.722. The van der Waals surface area contributed by atoms with Gasteiger partial charge in [-0.15, -0.1) is 0 Å². The highest BCUT2D eigenvalue weighted by Crippen LogP contribution is 1.98. The number of carboxylic acid groups (broad SMARTS) is 1. The Kier molecular flexibility index (Phi) is 8.11. The van der Waals surface area contributed by atoms with Crippen LogP contribution in [-0.4, -0.2) is 29.6 Å². The highest BCUT2D eigenvalue weighted by molar-refractivity contribution is 5.66. The fourth-order valence-corrected chi connectivity index (χ4v) is 1.37. The molecular weight excluding hydrogens is 206 g/mol. The molecule has 0 saturated heterocycles. The molecule has 0 unspecified atom stereocenters. The normalized spacial score (nSPS) is 9.50. The number of aliphatic carboxylic acids is 1. The van der Waals surface area contributed by atoms with Gasteiger partial charge in [-0.2, -0.15) is 0 Å². The van der Waals surface area contributed by atoms with E-state index in [9.17, 15) is 4.79 Å². The van der Waals surface area contributed by atoms with Crippen LogP contribution < -0.4 is 5.32 Å². The van der Waals surface area contributed by atoms with Crippen molar-refractivity contribution < 1.29 is 15.4 Å². The summed E-state index contributed by atoms with van der Waals surface area (Å²) >= 11 is 0. The monoisotopic (exact) mass is 225 g/mol. The van der Waals surface area contributed by atoms with Gasteiger partial charge >= 0.3 is 5.97 Å². The molecule has 4 heteroatoms. The van der Waals surface area contributed by atoms with Crippen molar-refractivity contribution in [2.45, 2.75) is 19.3 Å². The molecule has 0 aromatic heterocycles. The zero-order valence-electron chi connectivity index (χ0n) is 9.28. The van der Waals surface area contributed by atoms with Gasteiger partial charge in [0, 0.05) is 6.42 Å². The van der Waals surface area contributed by atoms with Crippen LogP contribution in [0.1, 0.15) is 18.4 Å². The highest BCUT2D eigenvalue weighted by Gasteiger charge is 1.95. The maximum Gasteiger partial charge on any atom is 0.303 e. The van der Waals surface area contributed by atoms with Crippen LogP contribution in [0.2, 0.25) is 0 Å². The largest absolute Gasteiger partial charge is 0.481 e. The number of hydrogen-bond donors (Lipinski definition) is 2. The fourth-order valence-electron chi connectivity index (χ4n) is 1.37. The Morgan fingerprint density at radius 3 is 2.50 bits per heavy atom. The van der Waals surface area contributed by atoms with Crippen LogP contribution in [0.3, 0.4) is 0 Å². The van der Waals surface area contributed by atoms with Crippen LogP contribution in [0.5, 0.6) is 0 Å². The molecule has 0 atom stereocenters. The average Bonchev–Trinajstić information content (AvgIpc) is 2.24.